The highest BCUT2D eigenvalue weighted by Crippen LogP contribution is 2.32. The van der Waals surface area contributed by atoms with E-state index in [1.54, 1.807) is 30.1 Å². The van der Waals surface area contributed by atoms with Crippen molar-refractivity contribution in [3.8, 4) is 5.75 Å². The number of carbonyl (C=O) groups excluding carboxylic acids is 3. The molecule has 0 radical (unpaired) electrons. The summed E-state index contributed by atoms with van der Waals surface area (Å²) in [4.78, 5) is 39.2. The molecule has 1 saturated heterocycles. The molecule has 2 N–H and O–H groups in total. The number of rotatable bonds is 4. The molecule has 186 valence electrons. The molecule has 35 heavy (non-hydrogen) atoms. The summed E-state index contributed by atoms with van der Waals surface area (Å²) in [6.45, 7) is 4.18. The number of aryl methyl sites for hydroxylation is 2. The number of likely N-dealkylation sites (N-methyl/N-ethyl adjacent to an activating group) is 1. The third-order valence-corrected chi connectivity index (χ3v) is 6.37. The molecule has 0 saturated carbocycles. The molecule has 1 fully saturated rings. The molecule has 9 heteroatoms. The zero-order chi connectivity index (χ0) is 25.1. The van der Waals surface area contributed by atoms with Crippen LogP contribution in [-0.2, 0) is 14.3 Å². The Hall–Kier alpha value is -3.59. The molecular formula is C26H31N3O6. The summed E-state index contributed by atoms with van der Waals surface area (Å²) >= 11 is 0. The number of hydrogen-bond acceptors (Lipinski definition) is 6. The molecular weight excluding hydrogens is 450 g/mol. The maximum absolute atomic E-state index is 13.3. The summed E-state index contributed by atoms with van der Waals surface area (Å²) in [7, 11) is 3.10. The lowest BCUT2D eigenvalue weighted by Gasteiger charge is -2.42. The van der Waals surface area contributed by atoms with Crippen LogP contribution in [0.25, 0.3) is 0 Å². The average molecular weight is 482 g/mol. The van der Waals surface area contributed by atoms with Crippen LogP contribution in [0.4, 0.5) is 16.2 Å². The van der Waals surface area contributed by atoms with Gasteiger partial charge in [0.05, 0.1) is 31.2 Å². The van der Waals surface area contributed by atoms with Crippen molar-refractivity contribution in [3.63, 3.8) is 0 Å². The molecule has 2 aromatic carbocycles. The molecule has 2 heterocycles. The Bertz CT molecular complexity index is 1110. The molecule has 3 atom stereocenters. The SMILES string of the molecule is COC(=O)C[C@H]1CC[C@H]2[C@@H](COc3ccc(NC(=O)Nc4cc(C)cc(C)c4)cc3C(=O)N2C)O1. The van der Waals surface area contributed by atoms with Crippen LogP contribution in [0, 0.1) is 13.8 Å². The Labute approximate surface area is 204 Å². The number of nitrogens with zero attached hydrogens (tertiary/aromatic N) is 1. The molecule has 3 amide bonds. The first-order valence-corrected chi connectivity index (χ1v) is 11.7. The van der Waals surface area contributed by atoms with E-state index in [1.807, 2.05) is 32.0 Å². The molecule has 2 aliphatic heterocycles. The topological polar surface area (TPSA) is 106 Å². The van der Waals surface area contributed by atoms with E-state index in [2.05, 4.69) is 10.6 Å². The molecule has 0 aromatic heterocycles. The van der Waals surface area contributed by atoms with Gasteiger partial charge in [-0.05, 0) is 68.1 Å². The van der Waals surface area contributed by atoms with Gasteiger partial charge in [-0.15, -0.1) is 0 Å². The predicted octanol–water partition coefficient (Wildman–Crippen LogP) is 3.89. The summed E-state index contributed by atoms with van der Waals surface area (Å²) < 4.78 is 16.8. The Kier molecular flexibility index (Phi) is 7.25. The van der Waals surface area contributed by atoms with Crippen molar-refractivity contribution in [1.29, 1.82) is 0 Å². The van der Waals surface area contributed by atoms with E-state index >= 15 is 0 Å². The highest BCUT2D eigenvalue weighted by molar-refractivity contribution is 6.02. The normalized spacial score (nSPS) is 21.5. The molecule has 0 spiro atoms. The van der Waals surface area contributed by atoms with Gasteiger partial charge in [-0.25, -0.2) is 4.79 Å². The maximum Gasteiger partial charge on any atom is 0.323 e. The molecule has 0 aliphatic carbocycles. The van der Waals surface area contributed by atoms with E-state index in [-0.39, 0.29) is 43.2 Å². The zero-order valence-corrected chi connectivity index (χ0v) is 20.4. The minimum absolute atomic E-state index is 0.174. The fourth-order valence-electron chi connectivity index (χ4n) is 4.71. The van der Waals surface area contributed by atoms with Gasteiger partial charge >= 0.3 is 12.0 Å². The van der Waals surface area contributed by atoms with Crippen molar-refractivity contribution < 1.29 is 28.6 Å². The second kappa shape index (κ2) is 10.4. The fourth-order valence-corrected chi connectivity index (χ4v) is 4.71. The number of urea groups is 1. The monoisotopic (exact) mass is 481 g/mol. The van der Waals surface area contributed by atoms with Crippen molar-refractivity contribution in [2.45, 2.75) is 51.4 Å². The second-order valence-corrected chi connectivity index (χ2v) is 9.12. The van der Waals surface area contributed by atoms with Crippen LogP contribution in [0.2, 0.25) is 0 Å². The Morgan fingerprint density at radius 3 is 2.49 bits per heavy atom. The number of methoxy groups -OCH3 is 1. The Morgan fingerprint density at radius 1 is 1.06 bits per heavy atom. The van der Waals surface area contributed by atoms with Crippen molar-refractivity contribution in [1.82, 2.24) is 4.90 Å². The van der Waals surface area contributed by atoms with E-state index in [4.69, 9.17) is 14.2 Å². The lowest BCUT2D eigenvalue weighted by Crippen LogP contribution is -2.53. The van der Waals surface area contributed by atoms with Gasteiger partial charge in [-0.2, -0.15) is 0 Å². The molecule has 0 bridgehead atoms. The van der Waals surface area contributed by atoms with Crippen LogP contribution < -0.4 is 15.4 Å². The number of ether oxygens (including phenoxy) is 3. The lowest BCUT2D eigenvalue weighted by atomic mass is 9.94. The van der Waals surface area contributed by atoms with Gasteiger partial charge in [0.25, 0.3) is 5.91 Å². The number of esters is 1. The number of carbonyl (C=O) groups is 3. The minimum atomic E-state index is -0.403. The first-order valence-electron chi connectivity index (χ1n) is 11.7. The van der Waals surface area contributed by atoms with Gasteiger partial charge in [-0.1, -0.05) is 6.07 Å². The molecule has 0 unspecified atom stereocenters. The van der Waals surface area contributed by atoms with Crippen LogP contribution >= 0.6 is 0 Å². The number of amides is 3. The van der Waals surface area contributed by atoms with Crippen molar-refractivity contribution >= 4 is 29.3 Å². The van der Waals surface area contributed by atoms with Gasteiger partial charge in [0.1, 0.15) is 18.5 Å². The number of fused-ring (bicyclic) bond motifs is 2. The van der Waals surface area contributed by atoms with Crippen molar-refractivity contribution in [3.05, 3.63) is 53.1 Å². The second-order valence-electron chi connectivity index (χ2n) is 9.12. The third kappa shape index (κ3) is 5.74. The molecule has 4 rings (SSSR count). The van der Waals surface area contributed by atoms with Gasteiger partial charge in [0, 0.05) is 18.4 Å². The number of anilines is 2. The first kappa shape index (κ1) is 24.5. The summed E-state index contributed by atoms with van der Waals surface area (Å²) in [5.74, 6) is -0.126. The molecule has 2 aromatic rings. The Balaban J connectivity index is 1.47. The third-order valence-electron chi connectivity index (χ3n) is 6.37. The Morgan fingerprint density at radius 2 is 1.77 bits per heavy atom. The van der Waals surface area contributed by atoms with Gasteiger partial charge in [-0.3, -0.25) is 9.59 Å². The van der Waals surface area contributed by atoms with Crippen LogP contribution in [0.3, 0.4) is 0 Å². The van der Waals surface area contributed by atoms with E-state index in [0.29, 0.717) is 35.5 Å². The predicted molar refractivity (Wildman–Crippen MR) is 131 cm³/mol. The minimum Gasteiger partial charge on any atom is -0.490 e. The van der Waals surface area contributed by atoms with E-state index in [1.165, 1.54) is 7.11 Å². The summed E-state index contributed by atoms with van der Waals surface area (Å²) in [6, 6.07) is 10.2. The zero-order valence-electron chi connectivity index (χ0n) is 20.4. The highest BCUT2D eigenvalue weighted by atomic mass is 16.5. The van der Waals surface area contributed by atoms with E-state index in [0.717, 1.165) is 11.1 Å². The van der Waals surface area contributed by atoms with E-state index in [9.17, 15) is 14.4 Å². The maximum atomic E-state index is 13.3. The van der Waals surface area contributed by atoms with Crippen LogP contribution in [-0.4, -0.2) is 61.8 Å². The molecule has 2 aliphatic rings. The summed E-state index contributed by atoms with van der Waals surface area (Å²) in [5, 5.41) is 5.62. The van der Waals surface area contributed by atoms with Gasteiger partial charge < -0.3 is 29.7 Å². The van der Waals surface area contributed by atoms with Crippen molar-refractivity contribution in [2.24, 2.45) is 0 Å². The quantitative estimate of drug-likeness (QED) is 0.642. The van der Waals surface area contributed by atoms with Gasteiger partial charge in [0.2, 0.25) is 0 Å². The number of hydrogen-bond donors (Lipinski definition) is 2. The first-order chi connectivity index (χ1) is 16.7. The van der Waals surface area contributed by atoms with Crippen molar-refractivity contribution in [2.75, 3.05) is 31.4 Å². The van der Waals surface area contributed by atoms with Gasteiger partial charge in [0.15, 0.2) is 0 Å². The largest absolute Gasteiger partial charge is 0.490 e. The summed E-state index contributed by atoms with van der Waals surface area (Å²) in [5.41, 5.74) is 3.64. The smallest absolute Gasteiger partial charge is 0.323 e. The van der Waals surface area contributed by atoms with Crippen LogP contribution in [0.5, 0.6) is 5.75 Å². The van der Waals surface area contributed by atoms with E-state index < -0.39 is 6.03 Å². The average Bonchev–Trinajstić information content (AvgIpc) is 2.81. The number of benzene rings is 2. The summed E-state index contributed by atoms with van der Waals surface area (Å²) in [6.07, 6.45) is 0.872. The fraction of sp³-hybridized carbons (Fsp3) is 0.423. The molecule has 9 nitrogen and oxygen atoms in total. The highest BCUT2D eigenvalue weighted by Gasteiger charge is 2.39. The standard InChI is InChI=1S/C26H31N3O6/c1-15-9-16(2)11-18(10-15)28-26(32)27-17-5-8-22-20(12-17)25(31)29(3)21-7-6-19(13-24(30)33-4)35-23(21)14-34-22/h5,8-12,19,21,23H,6-7,13-14H2,1-4H3,(H2,27,28,32)/t19-,21+,23-/m1/s1. The number of nitrogens with one attached hydrogen (secondary N) is 2. The van der Waals surface area contributed by atoms with Crippen LogP contribution in [0.15, 0.2) is 36.4 Å². The van der Waals surface area contributed by atoms with Crippen LogP contribution in [0.1, 0.15) is 40.7 Å². The lowest BCUT2D eigenvalue weighted by molar-refractivity contribution is -0.151.